The van der Waals surface area contributed by atoms with Gasteiger partial charge in [0.05, 0.1) is 15.5 Å². The fourth-order valence-electron chi connectivity index (χ4n) is 5.12. The fourth-order valence-corrected chi connectivity index (χ4v) is 5.44. The van der Waals surface area contributed by atoms with E-state index in [0.29, 0.717) is 10.0 Å². The van der Waals surface area contributed by atoms with Gasteiger partial charge >= 0.3 is 0 Å². The standard InChI is InChI=1S/C27H32Cl2N/c1-3-27(2)22-18-23(28)24(29)19-25(22)30(17-9-14-20-10-5-4-6-11-20)26(27)16-15-21-12-7-8-13-21/h4-6,10-11,15-16,18-19,21H,3,7-9,12-14,17H2,1-2H3/q+1. The lowest BCUT2D eigenvalue weighted by Crippen LogP contribution is -2.31. The third-order valence-corrected chi connectivity index (χ3v) is 7.83. The summed E-state index contributed by atoms with van der Waals surface area (Å²) < 4.78 is 2.51. The highest BCUT2D eigenvalue weighted by Crippen LogP contribution is 2.46. The van der Waals surface area contributed by atoms with Crippen LogP contribution < -0.4 is 0 Å². The lowest BCUT2D eigenvalue weighted by molar-refractivity contribution is -0.438. The molecule has 3 heteroatoms. The maximum atomic E-state index is 6.47. The summed E-state index contributed by atoms with van der Waals surface area (Å²) in [5.74, 6) is 0.723. The van der Waals surface area contributed by atoms with E-state index in [0.717, 1.165) is 31.7 Å². The third-order valence-electron chi connectivity index (χ3n) is 7.10. The molecule has 158 valence electrons. The first-order valence-electron chi connectivity index (χ1n) is 11.4. The van der Waals surface area contributed by atoms with Crippen molar-refractivity contribution in [2.24, 2.45) is 5.92 Å². The Morgan fingerprint density at radius 2 is 1.77 bits per heavy atom. The Kier molecular flexibility index (Phi) is 6.70. The van der Waals surface area contributed by atoms with Gasteiger partial charge in [0.25, 0.3) is 0 Å². The highest BCUT2D eigenvalue weighted by Gasteiger charge is 2.47. The molecular formula is C27H32Cl2N+. The molecule has 0 spiro atoms. The van der Waals surface area contributed by atoms with Crippen molar-refractivity contribution in [2.45, 2.75) is 64.2 Å². The predicted octanol–water partition coefficient (Wildman–Crippen LogP) is 8.14. The minimum Gasteiger partial charge on any atom is -0.195 e. The van der Waals surface area contributed by atoms with E-state index >= 15 is 0 Å². The molecule has 1 fully saturated rings. The van der Waals surface area contributed by atoms with Gasteiger partial charge in [0.15, 0.2) is 5.71 Å². The molecule has 0 bridgehead atoms. The van der Waals surface area contributed by atoms with Crippen molar-refractivity contribution in [3.63, 3.8) is 0 Å². The average Bonchev–Trinajstić information content (AvgIpc) is 3.34. The van der Waals surface area contributed by atoms with E-state index in [4.69, 9.17) is 23.2 Å². The number of hydrogen-bond donors (Lipinski definition) is 0. The van der Waals surface area contributed by atoms with Gasteiger partial charge in [-0.1, -0.05) is 79.4 Å². The van der Waals surface area contributed by atoms with Crippen molar-refractivity contribution >= 4 is 34.6 Å². The molecule has 2 aromatic rings. The van der Waals surface area contributed by atoms with Crippen molar-refractivity contribution in [1.29, 1.82) is 0 Å². The lowest BCUT2D eigenvalue weighted by atomic mass is 9.77. The number of halogens is 2. The first-order valence-corrected chi connectivity index (χ1v) is 12.1. The van der Waals surface area contributed by atoms with Crippen molar-refractivity contribution < 1.29 is 4.58 Å². The summed E-state index contributed by atoms with van der Waals surface area (Å²) in [4.78, 5) is 0. The van der Waals surface area contributed by atoms with Gasteiger partial charge in [0, 0.05) is 24.1 Å². The molecule has 0 saturated heterocycles. The number of nitrogens with zero attached hydrogens (tertiary/aromatic N) is 1. The molecule has 1 atom stereocenters. The molecule has 1 aliphatic heterocycles. The van der Waals surface area contributed by atoms with E-state index < -0.39 is 0 Å². The topological polar surface area (TPSA) is 3.01 Å². The molecular weight excluding hydrogens is 409 g/mol. The highest BCUT2D eigenvalue weighted by atomic mass is 35.5. The van der Waals surface area contributed by atoms with Crippen LogP contribution >= 0.6 is 23.2 Å². The molecule has 1 heterocycles. The van der Waals surface area contributed by atoms with Crippen LogP contribution in [0, 0.1) is 5.92 Å². The molecule has 4 rings (SSSR count). The predicted molar refractivity (Wildman–Crippen MR) is 130 cm³/mol. The summed E-state index contributed by atoms with van der Waals surface area (Å²) in [6.45, 7) is 5.63. The van der Waals surface area contributed by atoms with Crippen LogP contribution in [0.3, 0.4) is 0 Å². The van der Waals surface area contributed by atoms with Crippen LogP contribution in [-0.4, -0.2) is 16.8 Å². The zero-order valence-corrected chi connectivity index (χ0v) is 19.6. The summed E-state index contributed by atoms with van der Waals surface area (Å²) in [5, 5.41) is 1.29. The Hall–Kier alpha value is -1.57. The van der Waals surface area contributed by atoms with Crippen LogP contribution in [0.25, 0.3) is 0 Å². The SMILES string of the molecule is CCC1(C)C(C=CC2CCCC2)=[N+](CCCc2ccccc2)c2cc(Cl)c(Cl)cc21. The van der Waals surface area contributed by atoms with Gasteiger partial charge in [-0.25, -0.2) is 0 Å². The van der Waals surface area contributed by atoms with Gasteiger partial charge in [0.2, 0.25) is 5.69 Å². The summed E-state index contributed by atoms with van der Waals surface area (Å²) in [7, 11) is 0. The summed E-state index contributed by atoms with van der Waals surface area (Å²) in [5.41, 5.74) is 5.30. The minimum absolute atomic E-state index is 0.0363. The second-order valence-corrected chi connectivity index (χ2v) is 9.81. The van der Waals surface area contributed by atoms with Crippen LogP contribution in [0.1, 0.15) is 63.5 Å². The number of benzene rings is 2. The molecule has 2 aromatic carbocycles. The van der Waals surface area contributed by atoms with Crippen molar-refractivity contribution in [1.82, 2.24) is 0 Å². The largest absolute Gasteiger partial charge is 0.211 e. The van der Waals surface area contributed by atoms with Crippen LogP contribution in [0.2, 0.25) is 10.0 Å². The highest BCUT2D eigenvalue weighted by molar-refractivity contribution is 6.42. The normalized spacial score (nSPS) is 21.7. The van der Waals surface area contributed by atoms with E-state index in [9.17, 15) is 0 Å². The first kappa shape index (κ1) is 21.7. The zero-order chi connectivity index (χ0) is 21.1. The molecule has 1 unspecified atom stereocenters. The van der Waals surface area contributed by atoms with Gasteiger partial charge in [-0.3, -0.25) is 0 Å². The van der Waals surface area contributed by atoms with Crippen molar-refractivity contribution in [3.05, 3.63) is 75.8 Å². The van der Waals surface area contributed by atoms with Gasteiger partial charge in [-0.2, -0.15) is 4.58 Å². The van der Waals surface area contributed by atoms with Crippen LogP contribution in [0.5, 0.6) is 0 Å². The second-order valence-electron chi connectivity index (χ2n) is 9.00. The molecule has 1 saturated carbocycles. The molecule has 0 N–H and O–H groups in total. The zero-order valence-electron chi connectivity index (χ0n) is 18.1. The average molecular weight is 441 g/mol. The minimum atomic E-state index is -0.0363. The summed E-state index contributed by atoms with van der Waals surface area (Å²) in [6, 6.07) is 14.9. The molecule has 0 amide bonds. The number of hydrogen-bond acceptors (Lipinski definition) is 0. The maximum Gasteiger partial charge on any atom is 0.211 e. The number of aryl methyl sites for hydroxylation is 1. The van der Waals surface area contributed by atoms with Gasteiger partial charge < -0.3 is 0 Å². The molecule has 0 aromatic heterocycles. The smallest absolute Gasteiger partial charge is 0.195 e. The van der Waals surface area contributed by atoms with E-state index in [-0.39, 0.29) is 5.41 Å². The fraction of sp³-hybridized carbons (Fsp3) is 0.444. The molecule has 2 aliphatic rings. The van der Waals surface area contributed by atoms with Gasteiger partial charge in [-0.15, -0.1) is 0 Å². The lowest BCUT2D eigenvalue weighted by Gasteiger charge is -2.20. The molecule has 1 nitrogen and oxygen atoms in total. The second kappa shape index (κ2) is 9.28. The van der Waals surface area contributed by atoms with E-state index in [1.54, 1.807) is 0 Å². The van der Waals surface area contributed by atoms with Crippen LogP contribution in [-0.2, 0) is 11.8 Å². The third kappa shape index (κ3) is 4.25. The van der Waals surface area contributed by atoms with E-state index in [2.05, 4.69) is 73.0 Å². The van der Waals surface area contributed by atoms with E-state index in [1.165, 1.54) is 48.2 Å². The number of allylic oxidation sites excluding steroid dienone is 2. The maximum absolute atomic E-state index is 6.47. The van der Waals surface area contributed by atoms with Gasteiger partial charge in [0.1, 0.15) is 6.54 Å². The van der Waals surface area contributed by atoms with Crippen molar-refractivity contribution in [3.8, 4) is 0 Å². The number of rotatable bonds is 7. The van der Waals surface area contributed by atoms with Crippen molar-refractivity contribution in [2.75, 3.05) is 6.54 Å². The molecule has 0 radical (unpaired) electrons. The van der Waals surface area contributed by atoms with E-state index in [1.807, 2.05) is 0 Å². The molecule has 30 heavy (non-hydrogen) atoms. The Labute approximate surface area is 191 Å². The van der Waals surface area contributed by atoms with Crippen LogP contribution in [0.15, 0.2) is 54.6 Å². The Bertz CT molecular complexity index is 954. The molecule has 1 aliphatic carbocycles. The Morgan fingerprint density at radius 1 is 1.07 bits per heavy atom. The number of fused-ring (bicyclic) bond motifs is 1. The quantitative estimate of drug-likeness (QED) is 0.382. The first-order chi connectivity index (χ1) is 14.5. The summed E-state index contributed by atoms with van der Waals surface area (Å²) >= 11 is 12.9. The monoisotopic (exact) mass is 440 g/mol. The van der Waals surface area contributed by atoms with Gasteiger partial charge in [-0.05, 0) is 50.2 Å². The van der Waals surface area contributed by atoms with Crippen LogP contribution in [0.4, 0.5) is 5.69 Å². The Morgan fingerprint density at radius 3 is 2.47 bits per heavy atom. The Balaban J connectivity index is 1.69. The summed E-state index contributed by atoms with van der Waals surface area (Å²) in [6.07, 6.45) is 13.5.